The van der Waals surface area contributed by atoms with Gasteiger partial charge in [-0.3, -0.25) is 5.10 Å². The number of hydrogen-bond donors (Lipinski definition) is 2. The van der Waals surface area contributed by atoms with Gasteiger partial charge in [-0.15, -0.1) is 11.3 Å². The molecule has 0 fully saturated rings. The van der Waals surface area contributed by atoms with Crippen LogP contribution in [0, 0.1) is 0 Å². The van der Waals surface area contributed by atoms with E-state index in [4.69, 9.17) is 10.5 Å². The number of nitrogens with one attached hydrogen (secondary N) is 1. The number of benzene rings is 1. The SMILES string of the molecule is COc1ccc(-c2c(N)n[nH]c2-c2sccc2Br)cc1. The monoisotopic (exact) mass is 349 g/mol. The number of aromatic amines is 1. The number of hydrogen-bond acceptors (Lipinski definition) is 4. The predicted octanol–water partition coefficient (Wildman–Crippen LogP) is 4.16. The first-order valence-electron chi connectivity index (χ1n) is 5.92. The molecule has 3 N–H and O–H groups in total. The van der Waals surface area contributed by atoms with Gasteiger partial charge < -0.3 is 10.5 Å². The summed E-state index contributed by atoms with van der Waals surface area (Å²) in [6.07, 6.45) is 0. The first-order valence-corrected chi connectivity index (χ1v) is 7.59. The molecule has 4 nitrogen and oxygen atoms in total. The van der Waals surface area contributed by atoms with E-state index in [2.05, 4.69) is 26.1 Å². The van der Waals surface area contributed by atoms with Gasteiger partial charge in [0, 0.05) is 4.47 Å². The summed E-state index contributed by atoms with van der Waals surface area (Å²) in [6.45, 7) is 0. The topological polar surface area (TPSA) is 63.9 Å². The Morgan fingerprint density at radius 1 is 1.25 bits per heavy atom. The Kier molecular flexibility index (Phi) is 3.50. The maximum atomic E-state index is 6.02. The van der Waals surface area contributed by atoms with Gasteiger partial charge in [0.15, 0.2) is 5.82 Å². The van der Waals surface area contributed by atoms with Crippen LogP contribution in [0.25, 0.3) is 21.7 Å². The van der Waals surface area contributed by atoms with Crippen molar-refractivity contribution >= 4 is 33.1 Å². The number of H-pyrrole nitrogens is 1. The van der Waals surface area contributed by atoms with Crippen LogP contribution >= 0.6 is 27.3 Å². The number of nitrogens with zero attached hydrogens (tertiary/aromatic N) is 1. The number of halogens is 1. The molecule has 0 aliphatic rings. The fourth-order valence-electron chi connectivity index (χ4n) is 2.04. The molecule has 0 atom stereocenters. The summed E-state index contributed by atoms with van der Waals surface area (Å²) in [5.74, 6) is 1.31. The number of thiophene rings is 1. The quantitative estimate of drug-likeness (QED) is 0.746. The molecule has 2 heterocycles. The van der Waals surface area contributed by atoms with Crippen LogP contribution in [0.1, 0.15) is 0 Å². The Bertz CT molecular complexity index is 733. The molecule has 2 aromatic heterocycles. The zero-order valence-electron chi connectivity index (χ0n) is 10.7. The fourth-order valence-corrected chi connectivity index (χ4v) is 3.61. The van der Waals surface area contributed by atoms with Gasteiger partial charge in [-0.2, -0.15) is 5.10 Å². The standard InChI is InChI=1S/C14H12BrN3OS/c1-19-9-4-2-8(3-5-9)11-12(17-18-14(11)16)13-10(15)6-7-20-13/h2-7H,1H3,(H3,16,17,18). The molecule has 0 bridgehead atoms. The van der Waals surface area contributed by atoms with E-state index in [1.54, 1.807) is 18.4 Å². The number of nitrogen functional groups attached to an aromatic ring is 1. The highest BCUT2D eigenvalue weighted by Gasteiger charge is 2.17. The molecule has 0 aliphatic heterocycles. The molecule has 3 rings (SSSR count). The lowest BCUT2D eigenvalue weighted by Gasteiger charge is -2.05. The highest BCUT2D eigenvalue weighted by Crippen LogP contribution is 2.40. The molecule has 1 aromatic carbocycles. The lowest BCUT2D eigenvalue weighted by molar-refractivity contribution is 0.415. The molecular formula is C14H12BrN3OS. The van der Waals surface area contributed by atoms with Crippen LogP contribution in [-0.2, 0) is 0 Å². The Balaban J connectivity index is 2.13. The van der Waals surface area contributed by atoms with Crippen molar-refractivity contribution in [2.24, 2.45) is 0 Å². The Labute approximate surface area is 128 Å². The molecule has 20 heavy (non-hydrogen) atoms. The summed E-state index contributed by atoms with van der Waals surface area (Å²) >= 11 is 5.18. The van der Waals surface area contributed by atoms with Crippen molar-refractivity contribution in [3.05, 3.63) is 40.2 Å². The van der Waals surface area contributed by atoms with E-state index < -0.39 is 0 Å². The lowest BCUT2D eigenvalue weighted by Crippen LogP contribution is -1.89. The molecule has 0 radical (unpaired) electrons. The van der Waals surface area contributed by atoms with Gasteiger partial charge in [0.2, 0.25) is 0 Å². The highest BCUT2D eigenvalue weighted by atomic mass is 79.9. The maximum absolute atomic E-state index is 6.02. The van der Waals surface area contributed by atoms with Crippen LogP contribution in [0.3, 0.4) is 0 Å². The van der Waals surface area contributed by atoms with E-state index in [0.717, 1.165) is 31.9 Å². The van der Waals surface area contributed by atoms with Crippen molar-refractivity contribution in [3.8, 4) is 27.4 Å². The summed E-state index contributed by atoms with van der Waals surface area (Å²) in [5.41, 5.74) is 8.86. The summed E-state index contributed by atoms with van der Waals surface area (Å²) in [4.78, 5) is 1.08. The van der Waals surface area contributed by atoms with E-state index in [9.17, 15) is 0 Å². The minimum absolute atomic E-state index is 0.491. The van der Waals surface area contributed by atoms with Gasteiger partial charge in [0.05, 0.1) is 23.2 Å². The molecule has 0 saturated heterocycles. The highest BCUT2D eigenvalue weighted by molar-refractivity contribution is 9.10. The van der Waals surface area contributed by atoms with E-state index in [0.29, 0.717) is 5.82 Å². The third kappa shape index (κ3) is 2.21. The molecule has 0 saturated carbocycles. The van der Waals surface area contributed by atoms with E-state index in [1.165, 1.54) is 0 Å². The van der Waals surface area contributed by atoms with Crippen LogP contribution in [0.4, 0.5) is 5.82 Å². The smallest absolute Gasteiger partial charge is 0.153 e. The van der Waals surface area contributed by atoms with Gasteiger partial charge in [-0.1, -0.05) is 12.1 Å². The Morgan fingerprint density at radius 2 is 2.00 bits per heavy atom. The molecule has 6 heteroatoms. The molecule has 102 valence electrons. The minimum Gasteiger partial charge on any atom is -0.497 e. The third-order valence-corrected chi connectivity index (χ3v) is 4.87. The first kappa shape index (κ1) is 13.2. The predicted molar refractivity (Wildman–Crippen MR) is 86.0 cm³/mol. The van der Waals surface area contributed by atoms with Gasteiger partial charge in [-0.25, -0.2) is 0 Å². The van der Waals surface area contributed by atoms with Gasteiger partial charge in [0.1, 0.15) is 5.75 Å². The zero-order valence-corrected chi connectivity index (χ0v) is 13.1. The summed E-state index contributed by atoms with van der Waals surface area (Å²) in [7, 11) is 1.65. The van der Waals surface area contributed by atoms with Crippen molar-refractivity contribution in [2.45, 2.75) is 0 Å². The Hall–Kier alpha value is -1.79. The van der Waals surface area contributed by atoms with E-state index in [1.807, 2.05) is 35.7 Å². The summed E-state index contributed by atoms with van der Waals surface area (Å²) < 4.78 is 6.21. The second-order valence-corrected chi connectivity index (χ2v) is 5.96. The summed E-state index contributed by atoms with van der Waals surface area (Å²) in [6, 6.07) is 9.79. The first-order chi connectivity index (χ1) is 9.70. The van der Waals surface area contributed by atoms with Crippen molar-refractivity contribution < 1.29 is 4.74 Å². The van der Waals surface area contributed by atoms with Crippen LogP contribution in [0.2, 0.25) is 0 Å². The fraction of sp³-hybridized carbons (Fsp3) is 0.0714. The van der Waals surface area contributed by atoms with Gasteiger partial charge >= 0.3 is 0 Å². The number of rotatable bonds is 3. The molecule has 0 spiro atoms. The lowest BCUT2D eigenvalue weighted by atomic mass is 10.0. The molecule has 0 amide bonds. The van der Waals surface area contributed by atoms with Crippen molar-refractivity contribution in [1.29, 1.82) is 0 Å². The molecule has 0 unspecified atom stereocenters. The molecular weight excluding hydrogens is 338 g/mol. The van der Waals surface area contributed by atoms with E-state index in [-0.39, 0.29) is 0 Å². The van der Waals surface area contributed by atoms with Crippen LogP contribution in [0.15, 0.2) is 40.2 Å². The van der Waals surface area contributed by atoms with Gasteiger partial charge in [0.25, 0.3) is 0 Å². The zero-order chi connectivity index (χ0) is 14.1. The largest absolute Gasteiger partial charge is 0.497 e. The number of ether oxygens (including phenoxy) is 1. The number of nitrogens with two attached hydrogens (primary N) is 1. The normalized spacial score (nSPS) is 10.7. The Morgan fingerprint density at radius 3 is 2.60 bits per heavy atom. The second-order valence-electron chi connectivity index (χ2n) is 4.19. The van der Waals surface area contributed by atoms with Gasteiger partial charge in [-0.05, 0) is 45.1 Å². The van der Waals surface area contributed by atoms with Crippen molar-refractivity contribution in [3.63, 3.8) is 0 Å². The number of anilines is 1. The van der Waals surface area contributed by atoms with Crippen molar-refractivity contribution in [2.75, 3.05) is 12.8 Å². The number of aromatic nitrogens is 2. The van der Waals surface area contributed by atoms with Crippen LogP contribution in [0.5, 0.6) is 5.75 Å². The third-order valence-electron chi connectivity index (χ3n) is 3.02. The van der Waals surface area contributed by atoms with Crippen molar-refractivity contribution in [1.82, 2.24) is 10.2 Å². The van der Waals surface area contributed by atoms with Crippen LogP contribution < -0.4 is 10.5 Å². The summed E-state index contributed by atoms with van der Waals surface area (Å²) in [5, 5.41) is 9.18. The average Bonchev–Trinajstić information content (AvgIpc) is 3.05. The maximum Gasteiger partial charge on any atom is 0.153 e. The molecule has 3 aromatic rings. The molecule has 0 aliphatic carbocycles. The second kappa shape index (κ2) is 5.30. The van der Waals surface area contributed by atoms with Crippen LogP contribution in [-0.4, -0.2) is 17.3 Å². The minimum atomic E-state index is 0.491. The average molecular weight is 350 g/mol. The number of methoxy groups -OCH3 is 1. The van der Waals surface area contributed by atoms with E-state index >= 15 is 0 Å².